The van der Waals surface area contributed by atoms with E-state index in [1.807, 2.05) is 43.3 Å². The van der Waals surface area contributed by atoms with Gasteiger partial charge in [-0.3, -0.25) is 14.7 Å². The van der Waals surface area contributed by atoms with E-state index in [-0.39, 0.29) is 23.2 Å². The van der Waals surface area contributed by atoms with Crippen molar-refractivity contribution < 1.29 is 9.32 Å². The first kappa shape index (κ1) is 16.4. The Bertz CT molecular complexity index is 970. The number of piperidine rings is 1. The first-order chi connectivity index (χ1) is 12.6. The summed E-state index contributed by atoms with van der Waals surface area (Å²) in [6, 6.07) is 12.3. The largest absolute Gasteiger partial charge is 0.361 e. The number of likely N-dealkylation sites (tertiary alicyclic amines) is 1. The first-order valence-corrected chi connectivity index (χ1v) is 8.75. The van der Waals surface area contributed by atoms with Gasteiger partial charge in [0.25, 0.3) is 11.5 Å². The number of benzene rings is 1. The minimum absolute atomic E-state index is 0.128. The van der Waals surface area contributed by atoms with Gasteiger partial charge in [0.1, 0.15) is 17.1 Å². The molecule has 2 aromatic heterocycles. The number of rotatable bonds is 3. The number of nitrogens with one attached hydrogen (secondary N) is 1. The van der Waals surface area contributed by atoms with Crippen molar-refractivity contribution in [3.05, 3.63) is 70.0 Å². The number of H-pyrrole nitrogens is 1. The third kappa shape index (κ3) is 2.96. The van der Waals surface area contributed by atoms with E-state index in [1.165, 1.54) is 10.7 Å². The van der Waals surface area contributed by atoms with Gasteiger partial charge in [0.05, 0.1) is 11.7 Å². The van der Waals surface area contributed by atoms with Crippen LogP contribution in [0.25, 0.3) is 5.69 Å². The normalized spacial score (nSPS) is 17.4. The number of nitrogens with zero attached hydrogens (tertiary/aromatic N) is 3. The lowest BCUT2D eigenvalue weighted by molar-refractivity contribution is 0.0595. The number of hydrogen-bond acceptors (Lipinski definition) is 4. The third-order valence-electron chi connectivity index (χ3n) is 4.72. The third-order valence-corrected chi connectivity index (χ3v) is 4.72. The molecule has 1 fully saturated rings. The minimum atomic E-state index is -0.259. The van der Waals surface area contributed by atoms with Crippen molar-refractivity contribution in [1.29, 1.82) is 0 Å². The Hall–Kier alpha value is -3.09. The van der Waals surface area contributed by atoms with Gasteiger partial charge in [0, 0.05) is 18.7 Å². The van der Waals surface area contributed by atoms with Gasteiger partial charge in [-0.05, 0) is 38.3 Å². The maximum Gasteiger partial charge on any atom is 0.272 e. The van der Waals surface area contributed by atoms with Gasteiger partial charge in [0.2, 0.25) is 0 Å². The zero-order chi connectivity index (χ0) is 18.1. The molecule has 0 saturated carbocycles. The van der Waals surface area contributed by atoms with Gasteiger partial charge in [-0.1, -0.05) is 23.4 Å². The summed E-state index contributed by atoms with van der Waals surface area (Å²) in [4.78, 5) is 27.2. The highest BCUT2D eigenvalue weighted by Crippen LogP contribution is 2.31. The number of aromatic nitrogens is 3. The van der Waals surface area contributed by atoms with Crippen molar-refractivity contribution in [2.75, 3.05) is 6.54 Å². The summed E-state index contributed by atoms with van der Waals surface area (Å²) in [5, 5.41) is 7.03. The standard InChI is InChI=1S/C19H20N4O3/c1-13-11-15(21-26-13)17-9-5-6-10-22(17)19(25)16-12-18(24)23(20-16)14-7-3-2-4-8-14/h2-4,7-8,11-12,17,20H,5-6,9-10H2,1H3/t17-/m0/s1. The van der Waals surface area contributed by atoms with Crippen LogP contribution in [0.3, 0.4) is 0 Å². The number of para-hydroxylation sites is 1. The molecule has 0 radical (unpaired) electrons. The lowest BCUT2D eigenvalue weighted by Gasteiger charge is -2.34. The Morgan fingerprint density at radius 1 is 1.23 bits per heavy atom. The molecule has 7 heteroatoms. The molecule has 0 bridgehead atoms. The van der Waals surface area contributed by atoms with E-state index in [9.17, 15) is 9.59 Å². The maximum atomic E-state index is 13.1. The van der Waals surface area contributed by atoms with Gasteiger partial charge in [-0.2, -0.15) is 0 Å². The van der Waals surface area contributed by atoms with Gasteiger partial charge in [0.15, 0.2) is 0 Å². The molecule has 0 spiro atoms. The van der Waals surface area contributed by atoms with Crippen LogP contribution in [0.4, 0.5) is 0 Å². The van der Waals surface area contributed by atoms with Crippen LogP contribution in [0, 0.1) is 6.92 Å². The number of aryl methyl sites for hydroxylation is 1. The lowest BCUT2D eigenvalue weighted by atomic mass is 9.98. The zero-order valence-electron chi connectivity index (χ0n) is 14.5. The van der Waals surface area contributed by atoms with Crippen LogP contribution in [-0.4, -0.2) is 32.3 Å². The number of aromatic amines is 1. The van der Waals surface area contributed by atoms with Crippen LogP contribution >= 0.6 is 0 Å². The molecule has 4 rings (SSSR count). The highest BCUT2D eigenvalue weighted by molar-refractivity contribution is 5.92. The summed E-state index contributed by atoms with van der Waals surface area (Å²) in [6.45, 7) is 2.47. The van der Waals surface area contributed by atoms with Crippen LogP contribution in [0.2, 0.25) is 0 Å². The van der Waals surface area contributed by atoms with Gasteiger partial charge in [-0.25, -0.2) is 4.68 Å². The molecule has 1 N–H and O–H groups in total. The molecule has 0 aliphatic carbocycles. The monoisotopic (exact) mass is 352 g/mol. The molecule has 1 aliphatic heterocycles. The second-order valence-corrected chi connectivity index (χ2v) is 6.55. The fourth-order valence-corrected chi connectivity index (χ4v) is 3.45. The first-order valence-electron chi connectivity index (χ1n) is 8.75. The van der Waals surface area contributed by atoms with Gasteiger partial charge >= 0.3 is 0 Å². The fraction of sp³-hybridized carbons (Fsp3) is 0.316. The summed E-state index contributed by atoms with van der Waals surface area (Å²) in [6.07, 6.45) is 2.80. The predicted molar refractivity (Wildman–Crippen MR) is 95.3 cm³/mol. The Kier molecular flexibility index (Phi) is 4.20. The molecule has 26 heavy (non-hydrogen) atoms. The zero-order valence-corrected chi connectivity index (χ0v) is 14.5. The fourth-order valence-electron chi connectivity index (χ4n) is 3.45. The molecule has 7 nitrogen and oxygen atoms in total. The Balaban J connectivity index is 1.65. The molecule has 1 aliphatic rings. The van der Waals surface area contributed by atoms with E-state index in [0.717, 1.165) is 30.7 Å². The molecule has 3 aromatic rings. The second kappa shape index (κ2) is 6.67. The molecule has 134 valence electrons. The van der Waals surface area contributed by atoms with E-state index in [1.54, 1.807) is 4.90 Å². The molecule has 3 heterocycles. The molecule has 1 amide bonds. The lowest BCUT2D eigenvalue weighted by Crippen LogP contribution is -2.39. The summed E-state index contributed by atoms with van der Waals surface area (Å²) in [5.74, 6) is 0.531. The summed E-state index contributed by atoms with van der Waals surface area (Å²) >= 11 is 0. The number of amides is 1. The number of carbonyl (C=O) groups is 1. The van der Waals surface area contributed by atoms with Gasteiger partial charge in [-0.15, -0.1) is 0 Å². The number of carbonyl (C=O) groups excluding carboxylic acids is 1. The molecule has 0 unspecified atom stereocenters. The van der Waals surface area contributed by atoms with Crippen molar-refractivity contribution in [3.63, 3.8) is 0 Å². The van der Waals surface area contributed by atoms with E-state index < -0.39 is 0 Å². The highest BCUT2D eigenvalue weighted by Gasteiger charge is 2.31. The smallest absolute Gasteiger partial charge is 0.272 e. The van der Waals surface area contributed by atoms with E-state index >= 15 is 0 Å². The summed E-state index contributed by atoms with van der Waals surface area (Å²) in [5.41, 5.74) is 1.48. The summed E-state index contributed by atoms with van der Waals surface area (Å²) < 4.78 is 6.56. The van der Waals surface area contributed by atoms with E-state index in [0.29, 0.717) is 12.2 Å². The van der Waals surface area contributed by atoms with E-state index in [2.05, 4.69) is 10.3 Å². The molecule has 1 saturated heterocycles. The van der Waals surface area contributed by atoms with Crippen molar-refractivity contribution in [3.8, 4) is 5.69 Å². The molecule has 1 aromatic carbocycles. The van der Waals surface area contributed by atoms with Crippen LogP contribution in [0.15, 0.2) is 51.8 Å². The topological polar surface area (TPSA) is 84.1 Å². The van der Waals surface area contributed by atoms with Crippen molar-refractivity contribution in [2.45, 2.75) is 32.2 Å². The minimum Gasteiger partial charge on any atom is -0.361 e. The Morgan fingerprint density at radius 3 is 2.77 bits per heavy atom. The highest BCUT2D eigenvalue weighted by atomic mass is 16.5. The maximum absolute atomic E-state index is 13.1. The molecular weight excluding hydrogens is 332 g/mol. The average molecular weight is 352 g/mol. The van der Waals surface area contributed by atoms with Crippen LogP contribution in [0.5, 0.6) is 0 Å². The van der Waals surface area contributed by atoms with Gasteiger partial charge < -0.3 is 9.42 Å². The Labute approximate surface area is 150 Å². The van der Waals surface area contributed by atoms with Crippen molar-refractivity contribution in [1.82, 2.24) is 19.8 Å². The van der Waals surface area contributed by atoms with Crippen molar-refractivity contribution in [2.24, 2.45) is 0 Å². The van der Waals surface area contributed by atoms with Crippen LogP contribution in [0.1, 0.15) is 47.2 Å². The second-order valence-electron chi connectivity index (χ2n) is 6.55. The average Bonchev–Trinajstić information content (AvgIpc) is 3.28. The molecular formula is C19H20N4O3. The van der Waals surface area contributed by atoms with Crippen LogP contribution in [-0.2, 0) is 0 Å². The summed E-state index contributed by atoms with van der Waals surface area (Å²) in [7, 11) is 0. The van der Waals surface area contributed by atoms with Crippen molar-refractivity contribution >= 4 is 5.91 Å². The quantitative estimate of drug-likeness (QED) is 0.785. The SMILES string of the molecule is Cc1cc([C@@H]2CCCCN2C(=O)c2cc(=O)n(-c3ccccc3)[nH]2)no1. The molecule has 1 atom stereocenters. The Morgan fingerprint density at radius 2 is 2.04 bits per heavy atom. The van der Waals surface area contributed by atoms with E-state index in [4.69, 9.17) is 4.52 Å². The van der Waals surface area contributed by atoms with Crippen LogP contribution < -0.4 is 5.56 Å². The predicted octanol–water partition coefficient (Wildman–Crippen LogP) is 2.83. The number of hydrogen-bond donors (Lipinski definition) is 1.